The smallest absolute Gasteiger partial charge is 0.358 e. The minimum Gasteiger partial charge on any atom is -0.358 e. The van der Waals surface area contributed by atoms with E-state index in [0.29, 0.717) is 6.07 Å². The highest BCUT2D eigenvalue weighted by molar-refractivity contribution is 8.13. The quantitative estimate of drug-likeness (QED) is 0.370. The molecule has 0 aromatic carbocycles. The monoisotopic (exact) mass is 306 g/mol. The molecule has 0 aliphatic rings. The van der Waals surface area contributed by atoms with Gasteiger partial charge in [-0.2, -0.15) is 0 Å². The molecule has 0 fully saturated rings. The van der Waals surface area contributed by atoms with E-state index in [0.717, 1.165) is 0 Å². The second kappa shape index (κ2) is 4.67. The number of pyridine rings is 1. The molecule has 1 rings (SSSR count). The van der Waals surface area contributed by atoms with Crippen LogP contribution >= 0.6 is 22.3 Å². The minimum atomic E-state index is -4.58. The highest BCUT2D eigenvalue weighted by Crippen LogP contribution is 2.35. The fourth-order valence-electron chi connectivity index (χ4n) is 1.00. The first-order valence-electron chi connectivity index (χ1n) is 3.72. The molecule has 0 amide bonds. The van der Waals surface area contributed by atoms with Crippen molar-refractivity contribution in [1.29, 1.82) is 0 Å². The molecule has 1 aromatic rings. The predicted octanol–water partition coefficient (Wildman–Crippen LogP) is 2.51. The summed E-state index contributed by atoms with van der Waals surface area (Å²) in [5, 5.41) is 9.38. The number of halogens is 4. The van der Waals surface area contributed by atoms with Crippen molar-refractivity contribution in [3.8, 4) is 0 Å². The van der Waals surface area contributed by atoms with Crippen LogP contribution in [0.2, 0.25) is 5.15 Å². The zero-order chi connectivity index (χ0) is 13.4. The summed E-state index contributed by atoms with van der Waals surface area (Å²) < 4.78 is 47.1. The Hall–Kier alpha value is -1.06. The van der Waals surface area contributed by atoms with E-state index in [1.54, 1.807) is 0 Å². The Labute approximate surface area is 103 Å². The Balaban J connectivity index is 3.67. The lowest BCUT2D eigenvalue weighted by Gasteiger charge is -2.05. The lowest BCUT2D eigenvalue weighted by atomic mass is 10.2. The molecular weight excluding hydrogens is 305 g/mol. The van der Waals surface area contributed by atoms with Gasteiger partial charge in [0.1, 0.15) is 0 Å². The fourth-order valence-corrected chi connectivity index (χ4v) is 2.79. The maximum Gasteiger partial charge on any atom is 0.365 e. The summed E-state index contributed by atoms with van der Waals surface area (Å²) in [5.74, 6) is -0.991. The molecule has 0 bridgehead atoms. The third-order valence-electron chi connectivity index (χ3n) is 1.61. The van der Waals surface area contributed by atoms with E-state index in [-0.39, 0.29) is 0 Å². The van der Waals surface area contributed by atoms with Crippen molar-refractivity contribution in [3.63, 3.8) is 0 Å². The van der Waals surface area contributed by atoms with Gasteiger partial charge in [-0.05, 0) is 21.5 Å². The Kier molecular flexibility index (Phi) is 3.84. The van der Waals surface area contributed by atoms with Gasteiger partial charge in [-0.3, -0.25) is 0 Å². The summed E-state index contributed by atoms with van der Waals surface area (Å²) >= 11 is 5.29. The molecule has 0 saturated carbocycles. The van der Waals surface area contributed by atoms with Crippen LogP contribution in [0.25, 0.3) is 0 Å². The Morgan fingerprint density at radius 2 is 2.00 bits per heavy atom. The van der Waals surface area contributed by atoms with Gasteiger partial charge in [0.2, 0.25) is 0 Å². The first-order chi connectivity index (χ1) is 7.64. The minimum absolute atomic E-state index is 0.311. The van der Waals surface area contributed by atoms with Crippen molar-refractivity contribution in [2.24, 2.45) is 0 Å². The molecule has 0 spiro atoms. The molecule has 6 nitrogen and oxygen atoms in total. The molecule has 17 heavy (non-hydrogen) atoms. The molecular formula is C6H2Cl2F2N2O4S. The van der Waals surface area contributed by atoms with E-state index in [1.165, 1.54) is 0 Å². The van der Waals surface area contributed by atoms with Crippen LogP contribution in [0, 0.1) is 10.1 Å². The third-order valence-corrected chi connectivity index (χ3v) is 3.38. The van der Waals surface area contributed by atoms with Crippen LogP contribution in [0.15, 0.2) is 11.0 Å². The molecule has 0 aliphatic carbocycles. The fraction of sp³-hybridized carbons (Fsp3) is 0.167. The van der Waals surface area contributed by atoms with Crippen molar-refractivity contribution in [3.05, 3.63) is 26.9 Å². The summed E-state index contributed by atoms with van der Waals surface area (Å²) in [6.07, 6.45) is -3.29. The van der Waals surface area contributed by atoms with Crippen LogP contribution in [0.3, 0.4) is 0 Å². The lowest BCUT2D eigenvalue weighted by Crippen LogP contribution is -2.04. The van der Waals surface area contributed by atoms with Gasteiger partial charge in [-0.1, -0.05) is 0 Å². The van der Waals surface area contributed by atoms with E-state index in [9.17, 15) is 27.3 Å². The van der Waals surface area contributed by atoms with Crippen LogP contribution in [0.4, 0.5) is 14.6 Å². The van der Waals surface area contributed by atoms with Gasteiger partial charge in [0, 0.05) is 16.7 Å². The van der Waals surface area contributed by atoms with Crippen LogP contribution in [-0.2, 0) is 9.05 Å². The largest absolute Gasteiger partial charge is 0.365 e. The second-order valence-electron chi connectivity index (χ2n) is 2.69. The first-order valence-corrected chi connectivity index (χ1v) is 6.41. The molecule has 94 valence electrons. The molecule has 0 atom stereocenters. The molecule has 11 heteroatoms. The highest BCUT2D eigenvalue weighted by Gasteiger charge is 2.31. The van der Waals surface area contributed by atoms with Gasteiger partial charge < -0.3 is 10.1 Å². The maximum atomic E-state index is 12.5. The highest BCUT2D eigenvalue weighted by atomic mass is 35.7. The van der Waals surface area contributed by atoms with Gasteiger partial charge in [0.05, 0.1) is 5.56 Å². The molecule has 1 heterocycles. The summed E-state index contributed by atoms with van der Waals surface area (Å²) in [4.78, 5) is 11.2. The van der Waals surface area contributed by atoms with E-state index in [1.807, 2.05) is 0 Å². The molecule has 0 aliphatic heterocycles. The van der Waals surface area contributed by atoms with Crippen molar-refractivity contribution in [2.75, 3.05) is 0 Å². The van der Waals surface area contributed by atoms with E-state index in [4.69, 9.17) is 22.3 Å². The average Bonchev–Trinajstić information content (AvgIpc) is 2.13. The maximum absolute atomic E-state index is 12.5. The van der Waals surface area contributed by atoms with Crippen LogP contribution in [0.1, 0.15) is 12.0 Å². The Morgan fingerprint density at radius 3 is 2.35 bits per heavy atom. The zero-order valence-electron chi connectivity index (χ0n) is 7.60. The zero-order valence-corrected chi connectivity index (χ0v) is 9.93. The second-order valence-corrected chi connectivity index (χ2v) is 5.55. The summed E-state index contributed by atoms with van der Waals surface area (Å²) in [5.41, 5.74) is -1.16. The van der Waals surface area contributed by atoms with Crippen molar-refractivity contribution in [2.45, 2.75) is 11.3 Å². The number of rotatable bonds is 3. The van der Waals surface area contributed by atoms with Gasteiger partial charge in [0.25, 0.3) is 20.6 Å². The van der Waals surface area contributed by atoms with Crippen molar-refractivity contribution >= 4 is 37.2 Å². The third kappa shape index (κ3) is 2.99. The van der Waals surface area contributed by atoms with E-state index >= 15 is 0 Å². The summed E-state index contributed by atoms with van der Waals surface area (Å²) in [7, 11) is 0.313. The number of alkyl halides is 2. The van der Waals surface area contributed by atoms with Crippen LogP contribution in [0.5, 0.6) is 0 Å². The Bertz CT molecular complexity index is 578. The first kappa shape index (κ1) is 14.0. The number of hydrogen-bond acceptors (Lipinski definition) is 5. The average molecular weight is 307 g/mol. The normalized spacial score (nSPS) is 11.8. The molecule has 0 N–H and O–H groups in total. The number of nitro groups is 1. The summed E-state index contributed by atoms with van der Waals surface area (Å²) in [6.45, 7) is 0. The number of nitrogens with zero attached hydrogens (tertiary/aromatic N) is 2. The van der Waals surface area contributed by atoms with Gasteiger partial charge in [0.15, 0.2) is 4.90 Å². The van der Waals surface area contributed by atoms with Crippen molar-refractivity contribution < 1.29 is 22.1 Å². The van der Waals surface area contributed by atoms with E-state index < -0.39 is 41.8 Å². The van der Waals surface area contributed by atoms with Crippen molar-refractivity contribution in [1.82, 2.24) is 4.98 Å². The SMILES string of the molecule is O=[N+]([O-])c1cc(C(F)F)c(S(=O)(=O)Cl)c(Cl)n1. The molecule has 1 aromatic heterocycles. The van der Waals surface area contributed by atoms with Gasteiger partial charge in [-0.15, -0.1) is 0 Å². The number of hydrogen-bond donors (Lipinski definition) is 0. The van der Waals surface area contributed by atoms with Crippen LogP contribution < -0.4 is 0 Å². The predicted molar refractivity (Wildman–Crippen MR) is 53.9 cm³/mol. The standard InChI is InChI=1S/C6H2Cl2F2N2O4S/c7-5-4(17(8,15)16)2(6(9)10)1-3(11-5)12(13)14/h1,6H. The van der Waals surface area contributed by atoms with E-state index in [2.05, 4.69) is 4.98 Å². The van der Waals surface area contributed by atoms with Gasteiger partial charge >= 0.3 is 5.82 Å². The lowest BCUT2D eigenvalue weighted by molar-refractivity contribution is -0.389. The Morgan fingerprint density at radius 1 is 1.47 bits per heavy atom. The molecule has 0 radical (unpaired) electrons. The van der Waals surface area contributed by atoms with Gasteiger partial charge in [-0.25, -0.2) is 17.2 Å². The topological polar surface area (TPSA) is 90.2 Å². The number of aromatic nitrogens is 1. The summed E-state index contributed by atoms with van der Waals surface area (Å²) in [6, 6.07) is 0.311. The van der Waals surface area contributed by atoms with Crippen LogP contribution in [-0.4, -0.2) is 18.3 Å². The molecule has 0 saturated heterocycles. The molecule has 0 unspecified atom stereocenters.